The molecule has 0 aliphatic carbocycles. The maximum absolute atomic E-state index is 5.88. The number of aryl methyl sites for hydroxylation is 1. The Labute approximate surface area is 83.1 Å². The molecule has 0 unspecified atom stereocenters. The van der Waals surface area contributed by atoms with Gasteiger partial charge in [0.2, 0.25) is 0 Å². The molecule has 70 valence electrons. The number of nitrogens with one attached hydrogen (secondary N) is 1. The van der Waals surface area contributed by atoms with Gasteiger partial charge in [-0.05, 0) is 24.6 Å². The molecule has 0 spiro atoms. The number of benzene rings is 1. The molecule has 1 rings (SSSR count). The highest BCUT2D eigenvalue weighted by Gasteiger charge is 2.03. The van der Waals surface area contributed by atoms with Gasteiger partial charge in [0.25, 0.3) is 0 Å². The summed E-state index contributed by atoms with van der Waals surface area (Å²) in [6.45, 7) is 5.70. The van der Waals surface area contributed by atoms with Gasteiger partial charge in [0.15, 0.2) is 0 Å². The van der Waals surface area contributed by atoms with Crippen LogP contribution >= 0.6 is 11.6 Å². The highest BCUT2D eigenvalue weighted by Crippen LogP contribution is 2.25. The Morgan fingerprint density at radius 2 is 2.23 bits per heavy atom. The summed E-state index contributed by atoms with van der Waals surface area (Å²) >= 11 is 5.88. The largest absolute Gasteiger partial charge is 0.279 e. The van der Waals surface area contributed by atoms with Crippen molar-refractivity contribution in [1.29, 1.82) is 0 Å². The van der Waals surface area contributed by atoms with Crippen molar-refractivity contribution in [2.45, 2.75) is 6.92 Å². The van der Waals surface area contributed by atoms with Gasteiger partial charge in [-0.25, -0.2) is 0 Å². The molecule has 0 fully saturated rings. The minimum Gasteiger partial charge on any atom is -0.279 e. The van der Waals surface area contributed by atoms with Crippen molar-refractivity contribution < 1.29 is 4.84 Å². The lowest BCUT2D eigenvalue weighted by molar-refractivity contribution is 0.271. The zero-order chi connectivity index (χ0) is 9.84. The summed E-state index contributed by atoms with van der Waals surface area (Å²) in [6.07, 6.45) is 1.77. The van der Waals surface area contributed by atoms with Crippen LogP contribution in [0.25, 0.3) is 6.08 Å². The Hall–Kier alpha value is -0.990. The lowest BCUT2D eigenvalue weighted by Gasteiger charge is -2.10. The molecule has 3 heteroatoms. The molecule has 0 atom stereocenters. The van der Waals surface area contributed by atoms with E-state index in [1.807, 2.05) is 13.0 Å². The van der Waals surface area contributed by atoms with E-state index in [2.05, 4.69) is 12.1 Å². The highest BCUT2D eigenvalue weighted by atomic mass is 35.5. The van der Waals surface area contributed by atoms with Gasteiger partial charge < -0.3 is 0 Å². The Morgan fingerprint density at radius 3 is 2.77 bits per heavy atom. The summed E-state index contributed by atoms with van der Waals surface area (Å²) in [5.74, 6) is 0. The fraction of sp³-hybridized carbons (Fsp3) is 0.200. The van der Waals surface area contributed by atoms with Crippen LogP contribution in [0.1, 0.15) is 11.1 Å². The second-order valence-corrected chi connectivity index (χ2v) is 3.13. The van der Waals surface area contributed by atoms with Crippen molar-refractivity contribution >= 4 is 23.4 Å². The van der Waals surface area contributed by atoms with Gasteiger partial charge in [-0.2, -0.15) is 0 Å². The maximum atomic E-state index is 5.88. The second kappa shape index (κ2) is 4.30. The smallest absolute Gasteiger partial charge is 0.0694 e. The molecule has 0 heterocycles. The Balaban J connectivity index is 3.20. The van der Waals surface area contributed by atoms with Crippen LogP contribution in [0.2, 0.25) is 5.02 Å². The summed E-state index contributed by atoms with van der Waals surface area (Å²) in [4.78, 5) is 4.82. The first-order chi connectivity index (χ1) is 6.19. The van der Waals surface area contributed by atoms with E-state index < -0.39 is 0 Å². The summed E-state index contributed by atoms with van der Waals surface area (Å²) in [6, 6.07) is 3.69. The van der Waals surface area contributed by atoms with Gasteiger partial charge in [0, 0.05) is 10.6 Å². The number of rotatable bonds is 3. The minimum absolute atomic E-state index is 0.683. The van der Waals surface area contributed by atoms with Crippen LogP contribution in [0, 0.1) is 6.92 Å². The van der Waals surface area contributed by atoms with Gasteiger partial charge >= 0.3 is 0 Å². The van der Waals surface area contributed by atoms with Crippen LogP contribution in [0.4, 0.5) is 5.69 Å². The summed E-state index contributed by atoms with van der Waals surface area (Å²) in [5.41, 5.74) is 5.67. The third kappa shape index (κ3) is 2.23. The van der Waals surface area contributed by atoms with E-state index in [4.69, 9.17) is 16.4 Å². The van der Waals surface area contributed by atoms with Crippen molar-refractivity contribution in [3.05, 3.63) is 34.9 Å². The molecule has 0 saturated carbocycles. The third-order valence-electron chi connectivity index (χ3n) is 1.77. The molecule has 0 saturated heterocycles. The molecular formula is C10H12ClNO. The topological polar surface area (TPSA) is 21.3 Å². The third-order valence-corrected chi connectivity index (χ3v) is 1.99. The zero-order valence-electron chi connectivity index (χ0n) is 7.73. The molecule has 1 N–H and O–H groups in total. The Morgan fingerprint density at radius 1 is 1.54 bits per heavy atom. The lowest BCUT2D eigenvalue weighted by Crippen LogP contribution is -1.99. The number of hydrogen-bond donors (Lipinski definition) is 1. The first-order valence-electron chi connectivity index (χ1n) is 3.90. The molecule has 0 radical (unpaired) electrons. The molecule has 1 aromatic rings. The van der Waals surface area contributed by atoms with E-state index in [1.165, 1.54) is 0 Å². The summed E-state index contributed by atoms with van der Waals surface area (Å²) < 4.78 is 0. The molecule has 0 bridgehead atoms. The van der Waals surface area contributed by atoms with Crippen LogP contribution in [-0.4, -0.2) is 7.11 Å². The van der Waals surface area contributed by atoms with E-state index >= 15 is 0 Å². The van der Waals surface area contributed by atoms with Crippen molar-refractivity contribution in [2.75, 3.05) is 12.6 Å². The van der Waals surface area contributed by atoms with Gasteiger partial charge in [-0.3, -0.25) is 10.3 Å². The molecule has 1 aromatic carbocycles. The zero-order valence-corrected chi connectivity index (χ0v) is 8.48. The first-order valence-corrected chi connectivity index (χ1v) is 4.28. The van der Waals surface area contributed by atoms with Crippen molar-refractivity contribution in [1.82, 2.24) is 0 Å². The molecule has 13 heavy (non-hydrogen) atoms. The predicted octanol–water partition coefficient (Wildman–Crippen LogP) is 3.26. The normalized spacial score (nSPS) is 9.77. The van der Waals surface area contributed by atoms with Crippen molar-refractivity contribution in [2.24, 2.45) is 0 Å². The van der Waals surface area contributed by atoms with Crippen molar-refractivity contribution in [3.63, 3.8) is 0 Å². The second-order valence-electron chi connectivity index (χ2n) is 2.69. The van der Waals surface area contributed by atoms with Gasteiger partial charge in [-0.15, -0.1) is 0 Å². The molecule has 0 aliphatic heterocycles. The standard InChI is InChI=1S/C10H12ClNO/c1-4-9-7(2)5-8(11)6-10(9)12-13-3/h4-6,12H,1H2,2-3H3. The average molecular weight is 198 g/mol. The number of anilines is 1. The van der Waals surface area contributed by atoms with Gasteiger partial charge in [0.1, 0.15) is 0 Å². The van der Waals surface area contributed by atoms with Crippen LogP contribution in [-0.2, 0) is 4.84 Å². The van der Waals surface area contributed by atoms with E-state index in [-0.39, 0.29) is 0 Å². The predicted molar refractivity (Wildman–Crippen MR) is 56.9 cm³/mol. The first kappa shape index (κ1) is 10.1. The monoisotopic (exact) mass is 197 g/mol. The molecule has 0 aromatic heterocycles. The van der Waals surface area contributed by atoms with E-state index in [1.54, 1.807) is 19.3 Å². The lowest BCUT2D eigenvalue weighted by atomic mass is 10.1. The molecule has 0 aliphatic rings. The van der Waals surface area contributed by atoms with Crippen LogP contribution in [0.3, 0.4) is 0 Å². The minimum atomic E-state index is 0.683. The Kier molecular flexibility index (Phi) is 3.34. The molecule has 2 nitrogen and oxygen atoms in total. The maximum Gasteiger partial charge on any atom is 0.0694 e. The number of halogens is 1. The average Bonchev–Trinajstić information content (AvgIpc) is 2.04. The van der Waals surface area contributed by atoms with Crippen LogP contribution in [0.15, 0.2) is 18.7 Å². The summed E-state index contributed by atoms with van der Waals surface area (Å²) in [5, 5.41) is 0.683. The van der Waals surface area contributed by atoms with E-state index in [0.717, 1.165) is 16.8 Å². The SMILES string of the molecule is C=Cc1c(C)cc(Cl)cc1NOC. The van der Waals surface area contributed by atoms with Crippen LogP contribution < -0.4 is 5.48 Å². The van der Waals surface area contributed by atoms with Gasteiger partial charge in [0.05, 0.1) is 12.8 Å². The van der Waals surface area contributed by atoms with Crippen LogP contribution in [0.5, 0.6) is 0 Å². The molecular weight excluding hydrogens is 186 g/mol. The van der Waals surface area contributed by atoms with E-state index in [0.29, 0.717) is 5.02 Å². The number of hydrogen-bond acceptors (Lipinski definition) is 2. The molecule has 0 amide bonds. The van der Waals surface area contributed by atoms with E-state index in [9.17, 15) is 0 Å². The highest BCUT2D eigenvalue weighted by molar-refractivity contribution is 6.31. The summed E-state index contributed by atoms with van der Waals surface area (Å²) in [7, 11) is 1.56. The Bertz CT molecular complexity index is 323. The van der Waals surface area contributed by atoms with Crippen molar-refractivity contribution in [3.8, 4) is 0 Å². The fourth-order valence-corrected chi connectivity index (χ4v) is 1.49. The quantitative estimate of drug-likeness (QED) is 0.751. The van der Waals surface area contributed by atoms with Gasteiger partial charge in [-0.1, -0.05) is 24.3 Å². The fourth-order valence-electron chi connectivity index (χ4n) is 1.22.